The van der Waals surface area contributed by atoms with Gasteiger partial charge in [-0.15, -0.1) is 0 Å². The van der Waals surface area contributed by atoms with Crippen LogP contribution in [0.15, 0.2) is 0 Å². The summed E-state index contributed by atoms with van der Waals surface area (Å²) in [5.74, 6) is 0. The second-order valence-electron chi connectivity index (χ2n) is 3.33. The maximum Gasteiger partial charge on any atom is 0.523 e. The first-order valence-electron chi connectivity index (χ1n) is 4.37. The standard InChI is InChI=1S/C7H10BrF3O3S/c8-5-3-1-2-4-6(5)14-15(12,13)7(9,10)11/h5-6H,1-4H2/t5-,6-/m0/s1. The third-order valence-corrected chi connectivity index (χ3v) is 4.27. The molecule has 0 heterocycles. The Kier molecular flexibility index (Phi) is 4.05. The summed E-state index contributed by atoms with van der Waals surface area (Å²) in [4.78, 5) is -0.330. The monoisotopic (exact) mass is 310 g/mol. The van der Waals surface area contributed by atoms with Gasteiger partial charge in [-0.1, -0.05) is 28.8 Å². The molecule has 0 amide bonds. The normalized spacial score (nSPS) is 29.1. The first kappa shape index (κ1) is 13.2. The van der Waals surface area contributed by atoms with E-state index in [1.54, 1.807) is 0 Å². The van der Waals surface area contributed by atoms with Crippen molar-refractivity contribution in [2.24, 2.45) is 0 Å². The summed E-state index contributed by atoms with van der Waals surface area (Å²) < 4.78 is 61.5. The molecule has 1 aliphatic rings. The second kappa shape index (κ2) is 4.58. The Balaban J connectivity index is 2.69. The molecule has 0 saturated heterocycles. The molecule has 8 heteroatoms. The second-order valence-corrected chi connectivity index (χ2v) is 6.07. The molecule has 0 aromatic carbocycles. The van der Waals surface area contributed by atoms with E-state index in [9.17, 15) is 21.6 Å². The largest absolute Gasteiger partial charge is 0.523 e. The molecule has 0 bridgehead atoms. The minimum atomic E-state index is -5.46. The van der Waals surface area contributed by atoms with Gasteiger partial charge in [0.2, 0.25) is 0 Å². The Hall–Kier alpha value is 0.180. The molecule has 2 atom stereocenters. The minimum Gasteiger partial charge on any atom is -0.259 e. The molecule has 0 spiro atoms. The van der Waals surface area contributed by atoms with Crippen LogP contribution in [0.5, 0.6) is 0 Å². The lowest BCUT2D eigenvalue weighted by Gasteiger charge is -2.26. The molecule has 0 aromatic heterocycles. The van der Waals surface area contributed by atoms with E-state index in [-0.39, 0.29) is 4.83 Å². The van der Waals surface area contributed by atoms with E-state index < -0.39 is 21.7 Å². The van der Waals surface area contributed by atoms with Crippen LogP contribution in [0, 0.1) is 0 Å². The van der Waals surface area contributed by atoms with E-state index >= 15 is 0 Å². The zero-order valence-electron chi connectivity index (χ0n) is 7.63. The van der Waals surface area contributed by atoms with Crippen LogP contribution in [0.1, 0.15) is 25.7 Å². The van der Waals surface area contributed by atoms with Crippen molar-refractivity contribution in [3.63, 3.8) is 0 Å². The van der Waals surface area contributed by atoms with Crippen LogP contribution in [-0.2, 0) is 14.3 Å². The highest BCUT2D eigenvalue weighted by molar-refractivity contribution is 9.09. The Bertz CT molecular complexity index is 314. The van der Waals surface area contributed by atoms with Crippen LogP contribution in [-0.4, -0.2) is 24.9 Å². The van der Waals surface area contributed by atoms with Gasteiger partial charge in [-0.2, -0.15) is 21.6 Å². The molecular weight excluding hydrogens is 301 g/mol. The number of hydrogen-bond acceptors (Lipinski definition) is 3. The molecule has 0 aliphatic heterocycles. The summed E-state index contributed by atoms with van der Waals surface area (Å²) >= 11 is 3.12. The van der Waals surface area contributed by atoms with Crippen molar-refractivity contribution in [2.75, 3.05) is 0 Å². The third-order valence-electron chi connectivity index (χ3n) is 2.16. The van der Waals surface area contributed by atoms with E-state index in [4.69, 9.17) is 0 Å². The highest BCUT2D eigenvalue weighted by Crippen LogP contribution is 2.32. The maximum absolute atomic E-state index is 12.0. The highest BCUT2D eigenvalue weighted by Gasteiger charge is 2.49. The quantitative estimate of drug-likeness (QED) is 0.447. The van der Waals surface area contributed by atoms with Gasteiger partial charge in [0.1, 0.15) is 0 Å². The molecule has 0 aromatic rings. The molecule has 1 aliphatic carbocycles. The van der Waals surface area contributed by atoms with Gasteiger partial charge in [0, 0.05) is 4.83 Å². The van der Waals surface area contributed by atoms with Crippen molar-refractivity contribution in [1.29, 1.82) is 0 Å². The molecule has 3 nitrogen and oxygen atoms in total. The van der Waals surface area contributed by atoms with Crippen molar-refractivity contribution < 1.29 is 25.8 Å². The van der Waals surface area contributed by atoms with E-state index in [1.165, 1.54) is 0 Å². The lowest BCUT2D eigenvalue weighted by molar-refractivity contribution is -0.0581. The van der Waals surface area contributed by atoms with Crippen molar-refractivity contribution in [2.45, 2.75) is 42.1 Å². The third kappa shape index (κ3) is 3.32. The summed E-state index contributed by atoms with van der Waals surface area (Å²) in [6.45, 7) is 0. The lowest BCUT2D eigenvalue weighted by atomic mass is 9.98. The van der Waals surface area contributed by atoms with Gasteiger partial charge in [0.15, 0.2) is 0 Å². The fourth-order valence-corrected chi connectivity index (χ4v) is 2.88. The highest BCUT2D eigenvalue weighted by atomic mass is 79.9. The Morgan fingerprint density at radius 3 is 2.20 bits per heavy atom. The Morgan fingerprint density at radius 2 is 1.73 bits per heavy atom. The van der Waals surface area contributed by atoms with Gasteiger partial charge in [-0.3, -0.25) is 4.18 Å². The molecule has 1 fully saturated rings. The molecular formula is C7H10BrF3O3S. The molecule has 0 unspecified atom stereocenters. The van der Waals surface area contributed by atoms with Crippen LogP contribution >= 0.6 is 15.9 Å². The van der Waals surface area contributed by atoms with E-state index in [0.717, 1.165) is 6.42 Å². The molecule has 0 radical (unpaired) electrons. The van der Waals surface area contributed by atoms with Gasteiger partial charge < -0.3 is 0 Å². The van der Waals surface area contributed by atoms with E-state index in [0.29, 0.717) is 19.3 Å². The minimum absolute atomic E-state index is 0.325. The molecule has 0 N–H and O–H groups in total. The van der Waals surface area contributed by atoms with Crippen molar-refractivity contribution >= 4 is 26.0 Å². The van der Waals surface area contributed by atoms with Crippen LogP contribution in [0.4, 0.5) is 13.2 Å². The van der Waals surface area contributed by atoms with Gasteiger partial charge >= 0.3 is 15.6 Å². The maximum atomic E-state index is 12.0. The molecule has 15 heavy (non-hydrogen) atoms. The van der Waals surface area contributed by atoms with Crippen LogP contribution in [0.2, 0.25) is 0 Å². The lowest BCUT2D eigenvalue weighted by Crippen LogP contribution is -2.35. The zero-order valence-corrected chi connectivity index (χ0v) is 10.0. The summed E-state index contributed by atoms with van der Waals surface area (Å²) in [6, 6.07) is 0. The number of hydrogen-bond donors (Lipinski definition) is 0. The Morgan fingerprint density at radius 1 is 1.20 bits per heavy atom. The van der Waals surface area contributed by atoms with Crippen LogP contribution in [0.25, 0.3) is 0 Å². The summed E-state index contributed by atoms with van der Waals surface area (Å²) in [6.07, 6.45) is 1.58. The number of halogens is 4. The number of alkyl halides is 4. The van der Waals surface area contributed by atoms with E-state index in [1.807, 2.05) is 0 Å². The van der Waals surface area contributed by atoms with Gasteiger partial charge in [-0.25, -0.2) is 0 Å². The summed E-state index contributed by atoms with van der Waals surface area (Å²) in [5, 5.41) is 0. The average molecular weight is 311 g/mol. The van der Waals surface area contributed by atoms with Crippen molar-refractivity contribution in [1.82, 2.24) is 0 Å². The molecule has 90 valence electrons. The smallest absolute Gasteiger partial charge is 0.259 e. The summed E-state index contributed by atoms with van der Waals surface area (Å²) in [5.41, 5.74) is -5.34. The fraction of sp³-hybridized carbons (Fsp3) is 1.00. The Labute approximate surface area is 94.2 Å². The van der Waals surface area contributed by atoms with Gasteiger partial charge in [0.25, 0.3) is 0 Å². The number of rotatable bonds is 2. The molecule has 1 rings (SSSR count). The first-order chi connectivity index (χ1) is 6.74. The molecule has 1 saturated carbocycles. The van der Waals surface area contributed by atoms with Crippen LogP contribution < -0.4 is 0 Å². The topological polar surface area (TPSA) is 43.4 Å². The van der Waals surface area contributed by atoms with Gasteiger partial charge in [0.05, 0.1) is 6.10 Å². The average Bonchev–Trinajstić information content (AvgIpc) is 2.06. The van der Waals surface area contributed by atoms with Crippen LogP contribution in [0.3, 0.4) is 0 Å². The van der Waals surface area contributed by atoms with Crippen molar-refractivity contribution in [3.05, 3.63) is 0 Å². The predicted molar refractivity (Wildman–Crippen MR) is 51.0 cm³/mol. The van der Waals surface area contributed by atoms with Gasteiger partial charge in [-0.05, 0) is 12.8 Å². The predicted octanol–water partition coefficient (Wildman–Crippen LogP) is 2.56. The summed E-state index contributed by atoms with van der Waals surface area (Å²) in [7, 11) is -5.46. The van der Waals surface area contributed by atoms with E-state index in [2.05, 4.69) is 20.1 Å². The first-order valence-corrected chi connectivity index (χ1v) is 6.70. The zero-order chi connectivity index (χ0) is 11.7. The SMILES string of the molecule is O=S(=O)(O[C@H]1CCCC[C@@H]1Br)C(F)(F)F. The fourth-order valence-electron chi connectivity index (χ4n) is 1.38. The van der Waals surface area contributed by atoms with Crippen molar-refractivity contribution in [3.8, 4) is 0 Å².